The summed E-state index contributed by atoms with van der Waals surface area (Å²) in [7, 11) is 0. The van der Waals surface area contributed by atoms with Gasteiger partial charge in [-0.1, -0.05) is 266 Å². The number of carbonyl (C=O) groups is 2. The second kappa shape index (κ2) is 55.4. The van der Waals surface area contributed by atoms with Crippen molar-refractivity contribution in [2.45, 2.75) is 270 Å². The number of carbonyl (C=O) groups excluding carboxylic acids is 2. The van der Waals surface area contributed by atoms with Gasteiger partial charge in [0.25, 0.3) is 0 Å². The van der Waals surface area contributed by atoms with E-state index in [0.717, 1.165) is 83.5 Å². The highest BCUT2D eigenvalue weighted by Crippen LogP contribution is 2.16. The SMILES string of the molecule is CC/C=C\C/C=C\C/C=C\C/C=C\C/C=C\C/C=C\C/C=C\CCCCCCCCCCCCCCCCCCCCCC(=O)OC(CO)COC(=O)CCCCCCCCCCCC. The minimum Gasteiger partial charge on any atom is -0.462 e. The molecule has 0 saturated heterocycles. The smallest absolute Gasteiger partial charge is 0.306 e. The van der Waals surface area contributed by atoms with Crippen LogP contribution in [0.2, 0.25) is 0 Å². The third-order valence-corrected chi connectivity index (χ3v) is 12.0. The fraction of sp³-hybridized carbons (Fsp3) is 0.733. The van der Waals surface area contributed by atoms with Crippen LogP contribution in [0.15, 0.2) is 85.1 Å². The minimum absolute atomic E-state index is 0.0630. The highest BCUT2D eigenvalue weighted by molar-refractivity contribution is 5.70. The maximum Gasteiger partial charge on any atom is 0.306 e. The zero-order valence-electron chi connectivity index (χ0n) is 42.7. The topological polar surface area (TPSA) is 72.8 Å². The van der Waals surface area contributed by atoms with Crippen LogP contribution in [0.5, 0.6) is 0 Å². The Morgan fingerprint density at radius 1 is 0.369 bits per heavy atom. The molecule has 65 heavy (non-hydrogen) atoms. The van der Waals surface area contributed by atoms with Crippen molar-refractivity contribution in [2.75, 3.05) is 13.2 Å². The first-order chi connectivity index (χ1) is 32.1. The average molecular weight is 905 g/mol. The normalized spacial score (nSPS) is 12.8. The highest BCUT2D eigenvalue weighted by atomic mass is 16.6. The lowest BCUT2D eigenvalue weighted by molar-refractivity contribution is -0.161. The number of rotatable bonds is 50. The Hall–Kier alpha value is -2.92. The summed E-state index contributed by atoms with van der Waals surface area (Å²) in [6.07, 6.45) is 77.2. The van der Waals surface area contributed by atoms with Gasteiger partial charge in [-0.2, -0.15) is 0 Å². The van der Waals surface area contributed by atoms with Gasteiger partial charge in [-0.05, 0) is 70.6 Å². The van der Waals surface area contributed by atoms with Crippen LogP contribution < -0.4 is 0 Å². The molecule has 1 atom stereocenters. The van der Waals surface area contributed by atoms with Gasteiger partial charge in [0.2, 0.25) is 0 Å². The van der Waals surface area contributed by atoms with Crippen molar-refractivity contribution < 1.29 is 24.2 Å². The quantitative estimate of drug-likeness (QED) is 0.0374. The van der Waals surface area contributed by atoms with Crippen LogP contribution in [-0.4, -0.2) is 36.4 Å². The van der Waals surface area contributed by atoms with Crippen LogP contribution in [0, 0.1) is 0 Å². The largest absolute Gasteiger partial charge is 0.462 e. The first kappa shape index (κ1) is 62.1. The molecule has 0 aromatic carbocycles. The van der Waals surface area contributed by atoms with Gasteiger partial charge in [-0.25, -0.2) is 0 Å². The highest BCUT2D eigenvalue weighted by Gasteiger charge is 2.16. The third kappa shape index (κ3) is 53.6. The molecular weight excluding hydrogens is 801 g/mol. The van der Waals surface area contributed by atoms with Gasteiger partial charge in [0.15, 0.2) is 6.10 Å². The zero-order chi connectivity index (χ0) is 47.0. The average Bonchev–Trinajstić information content (AvgIpc) is 3.31. The van der Waals surface area contributed by atoms with Crippen LogP contribution in [0.1, 0.15) is 264 Å². The Kier molecular flexibility index (Phi) is 52.9. The van der Waals surface area contributed by atoms with E-state index in [0.29, 0.717) is 12.8 Å². The molecule has 0 rings (SSSR count). The first-order valence-electron chi connectivity index (χ1n) is 27.6. The summed E-state index contributed by atoms with van der Waals surface area (Å²) < 4.78 is 10.6. The summed E-state index contributed by atoms with van der Waals surface area (Å²) in [6, 6.07) is 0. The fourth-order valence-corrected chi connectivity index (χ4v) is 7.83. The van der Waals surface area contributed by atoms with Gasteiger partial charge in [0, 0.05) is 12.8 Å². The van der Waals surface area contributed by atoms with Crippen LogP contribution in [-0.2, 0) is 19.1 Å². The Morgan fingerprint density at radius 3 is 1.00 bits per heavy atom. The lowest BCUT2D eigenvalue weighted by atomic mass is 10.0. The van der Waals surface area contributed by atoms with E-state index in [-0.39, 0.29) is 25.2 Å². The predicted molar refractivity (Wildman–Crippen MR) is 283 cm³/mol. The number of hydrogen-bond donors (Lipinski definition) is 1. The number of aliphatic hydroxyl groups is 1. The molecule has 0 bridgehead atoms. The summed E-state index contributed by atoms with van der Waals surface area (Å²) in [5.41, 5.74) is 0. The van der Waals surface area contributed by atoms with Crippen molar-refractivity contribution in [3.8, 4) is 0 Å². The molecule has 5 nitrogen and oxygen atoms in total. The number of esters is 2. The number of allylic oxidation sites excluding steroid dienone is 14. The fourth-order valence-electron chi connectivity index (χ4n) is 7.83. The standard InChI is InChI=1S/C60H104O5/c1-3-5-7-9-11-13-15-16-17-18-19-20-21-22-23-24-25-26-27-28-29-30-31-32-33-34-35-36-37-38-39-40-41-42-43-44-45-47-49-51-53-55-60(63)65-58(56-61)57-64-59(62)54-52-50-48-46-14-12-10-8-6-4-2/h5,7,11,13,16-17,19-20,22-23,25-26,28-29,58,61H,3-4,6,8-10,12,14-15,18,21,24,27,30-57H2,1-2H3/b7-5-,13-11-,17-16-,20-19-,23-22-,26-25-,29-28-. The second-order valence-corrected chi connectivity index (χ2v) is 18.3. The lowest BCUT2D eigenvalue weighted by Crippen LogP contribution is -2.28. The molecule has 0 aliphatic heterocycles. The van der Waals surface area contributed by atoms with Crippen molar-refractivity contribution in [3.63, 3.8) is 0 Å². The van der Waals surface area contributed by atoms with E-state index in [1.807, 2.05) is 0 Å². The van der Waals surface area contributed by atoms with Crippen molar-refractivity contribution in [1.82, 2.24) is 0 Å². The molecule has 0 aliphatic carbocycles. The van der Waals surface area contributed by atoms with Gasteiger partial charge >= 0.3 is 11.9 Å². The van der Waals surface area contributed by atoms with Crippen molar-refractivity contribution in [1.29, 1.82) is 0 Å². The molecule has 0 radical (unpaired) electrons. The summed E-state index contributed by atoms with van der Waals surface area (Å²) in [4.78, 5) is 24.3. The molecule has 374 valence electrons. The number of hydrogen-bond acceptors (Lipinski definition) is 5. The summed E-state index contributed by atoms with van der Waals surface area (Å²) >= 11 is 0. The summed E-state index contributed by atoms with van der Waals surface area (Å²) in [5.74, 6) is -0.584. The molecule has 5 heteroatoms. The Bertz CT molecular complexity index is 1210. The molecule has 0 aliphatic rings. The van der Waals surface area contributed by atoms with E-state index in [4.69, 9.17) is 9.47 Å². The van der Waals surface area contributed by atoms with Gasteiger partial charge in [-0.15, -0.1) is 0 Å². The van der Waals surface area contributed by atoms with Gasteiger partial charge in [-0.3, -0.25) is 9.59 Å². The third-order valence-electron chi connectivity index (χ3n) is 12.0. The molecule has 0 spiro atoms. The Morgan fingerprint density at radius 2 is 0.662 bits per heavy atom. The lowest BCUT2D eigenvalue weighted by Gasteiger charge is -2.15. The van der Waals surface area contributed by atoms with Crippen LogP contribution in [0.25, 0.3) is 0 Å². The van der Waals surface area contributed by atoms with Crippen molar-refractivity contribution in [2.24, 2.45) is 0 Å². The predicted octanol–water partition coefficient (Wildman–Crippen LogP) is 18.6. The molecule has 1 N–H and O–H groups in total. The first-order valence-corrected chi connectivity index (χ1v) is 27.6. The number of ether oxygens (including phenoxy) is 2. The number of unbranched alkanes of at least 4 members (excludes halogenated alkanes) is 28. The van der Waals surface area contributed by atoms with Gasteiger partial charge in [0.1, 0.15) is 6.61 Å². The summed E-state index contributed by atoms with van der Waals surface area (Å²) in [6.45, 7) is 4.02. The second-order valence-electron chi connectivity index (χ2n) is 18.3. The maximum atomic E-state index is 12.2. The molecular formula is C60H104O5. The van der Waals surface area contributed by atoms with Crippen LogP contribution in [0.3, 0.4) is 0 Å². The van der Waals surface area contributed by atoms with E-state index in [9.17, 15) is 14.7 Å². The van der Waals surface area contributed by atoms with Crippen LogP contribution >= 0.6 is 0 Å². The zero-order valence-corrected chi connectivity index (χ0v) is 42.7. The Balaban J connectivity index is 3.44. The van der Waals surface area contributed by atoms with E-state index in [1.165, 1.54) is 154 Å². The molecule has 0 heterocycles. The van der Waals surface area contributed by atoms with Gasteiger partial charge < -0.3 is 14.6 Å². The minimum atomic E-state index is -0.769. The molecule has 0 fully saturated rings. The van der Waals surface area contributed by atoms with Crippen molar-refractivity contribution >= 4 is 11.9 Å². The number of aliphatic hydroxyl groups excluding tert-OH is 1. The molecule has 0 amide bonds. The monoisotopic (exact) mass is 905 g/mol. The molecule has 1 unspecified atom stereocenters. The van der Waals surface area contributed by atoms with E-state index in [1.54, 1.807) is 0 Å². The van der Waals surface area contributed by atoms with E-state index >= 15 is 0 Å². The molecule has 0 aromatic rings. The summed E-state index contributed by atoms with van der Waals surface area (Å²) in [5, 5.41) is 9.59. The molecule has 0 saturated carbocycles. The van der Waals surface area contributed by atoms with Gasteiger partial charge in [0.05, 0.1) is 6.61 Å². The Labute approximate surface area is 403 Å². The van der Waals surface area contributed by atoms with Crippen LogP contribution in [0.4, 0.5) is 0 Å². The van der Waals surface area contributed by atoms with Crippen molar-refractivity contribution in [3.05, 3.63) is 85.1 Å². The van der Waals surface area contributed by atoms with E-state index in [2.05, 4.69) is 98.9 Å². The van der Waals surface area contributed by atoms with E-state index < -0.39 is 6.10 Å². The maximum absolute atomic E-state index is 12.2. The molecule has 0 aromatic heterocycles.